The lowest BCUT2D eigenvalue weighted by molar-refractivity contribution is 0.0714. The summed E-state index contributed by atoms with van der Waals surface area (Å²) < 4.78 is 25.8. The average Bonchev–Trinajstić information content (AvgIpc) is 2.98. The van der Waals surface area contributed by atoms with Crippen molar-refractivity contribution in [2.75, 3.05) is 38.8 Å². The molecule has 9 heteroatoms. The van der Waals surface area contributed by atoms with Crippen LogP contribution < -0.4 is 14.4 Å². The molecule has 160 valence electrons. The molecule has 30 heavy (non-hydrogen) atoms. The summed E-state index contributed by atoms with van der Waals surface area (Å²) >= 11 is 0. The molecule has 0 saturated carbocycles. The Morgan fingerprint density at radius 2 is 2.17 bits per heavy atom. The van der Waals surface area contributed by atoms with E-state index < -0.39 is 18.3 Å². The summed E-state index contributed by atoms with van der Waals surface area (Å²) in [6, 6.07) is 4.69. The van der Waals surface area contributed by atoms with Gasteiger partial charge in [-0.2, -0.15) is 0 Å². The monoisotopic (exact) mass is 416 g/mol. The fraction of sp³-hybridized carbons (Fsp3) is 0.476. The normalized spacial score (nSPS) is 23.5. The zero-order valence-electron chi connectivity index (χ0n) is 17.2. The summed E-state index contributed by atoms with van der Waals surface area (Å²) in [5.41, 5.74) is 1.85. The Morgan fingerprint density at radius 3 is 2.80 bits per heavy atom. The van der Waals surface area contributed by atoms with Crippen LogP contribution in [0.5, 0.6) is 11.6 Å². The summed E-state index contributed by atoms with van der Waals surface area (Å²) in [7, 11) is 3.18. The fourth-order valence-corrected chi connectivity index (χ4v) is 4.03. The average molecular weight is 416 g/mol. The second-order valence-corrected chi connectivity index (χ2v) is 7.62. The minimum atomic E-state index is -1.21. The van der Waals surface area contributed by atoms with Crippen molar-refractivity contribution in [1.29, 1.82) is 0 Å². The Bertz CT molecular complexity index is 939. The Hall–Kier alpha value is -2.94. The van der Waals surface area contributed by atoms with E-state index in [9.17, 15) is 14.3 Å². The summed E-state index contributed by atoms with van der Waals surface area (Å²) in [5.74, 6) is 1.45. The highest BCUT2D eigenvalue weighted by Gasteiger charge is 2.38. The van der Waals surface area contributed by atoms with Crippen molar-refractivity contribution in [2.45, 2.75) is 31.7 Å². The number of carbonyl (C=O) groups excluding carboxylic acids is 1. The number of ether oxygens (including phenoxy) is 2. The molecule has 1 saturated heterocycles. The van der Waals surface area contributed by atoms with E-state index in [4.69, 9.17) is 9.47 Å². The maximum absolute atomic E-state index is 14.9. The molecule has 0 radical (unpaired) electrons. The van der Waals surface area contributed by atoms with Gasteiger partial charge in [0.15, 0.2) is 6.17 Å². The van der Waals surface area contributed by atoms with Gasteiger partial charge in [0.1, 0.15) is 17.7 Å². The predicted molar refractivity (Wildman–Crippen MR) is 108 cm³/mol. The van der Waals surface area contributed by atoms with Gasteiger partial charge in [0, 0.05) is 26.1 Å². The van der Waals surface area contributed by atoms with E-state index in [-0.39, 0.29) is 19.1 Å². The van der Waals surface area contributed by atoms with Gasteiger partial charge in [0.05, 0.1) is 43.8 Å². The van der Waals surface area contributed by atoms with Crippen molar-refractivity contribution >= 4 is 11.7 Å². The second-order valence-electron chi connectivity index (χ2n) is 7.62. The molecule has 2 aliphatic heterocycles. The molecule has 8 nitrogen and oxygen atoms in total. The molecule has 2 aromatic heterocycles. The third kappa shape index (κ3) is 3.54. The van der Waals surface area contributed by atoms with Gasteiger partial charge in [0.25, 0.3) is 5.91 Å². The van der Waals surface area contributed by atoms with E-state index in [2.05, 4.69) is 9.97 Å². The number of aromatic nitrogens is 2. The van der Waals surface area contributed by atoms with Gasteiger partial charge in [0.2, 0.25) is 5.88 Å². The smallest absolute Gasteiger partial charge is 0.256 e. The van der Waals surface area contributed by atoms with E-state index in [0.717, 1.165) is 5.56 Å². The lowest BCUT2D eigenvalue weighted by Crippen LogP contribution is -2.47. The molecule has 1 N–H and O–H groups in total. The van der Waals surface area contributed by atoms with Gasteiger partial charge in [-0.05, 0) is 24.6 Å². The zero-order valence-corrected chi connectivity index (χ0v) is 17.2. The molecular weight excluding hydrogens is 391 g/mol. The van der Waals surface area contributed by atoms with Crippen molar-refractivity contribution in [1.82, 2.24) is 14.9 Å². The van der Waals surface area contributed by atoms with Crippen LogP contribution in [-0.4, -0.2) is 72.0 Å². The van der Waals surface area contributed by atoms with Crippen LogP contribution in [-0.2, 0) is 0 Å². The molecule has 2 aliphatic rings. The van der Waals surface area contributed by atoms with Crippen LogP contribution in [0, 0.1) is 6.92 Å². The molecule has 1 unspecified atom stereocenters. The topological polar surface area (TPSA) is 88.0 Å². The number of likely N-dealkylation sites (N-methyl/N-ethyl adjacent to an activating group) is 1. The Morgan fingerprint density at radius 1 is 1.37 bits per heavy atom. The largest absolute Gasteiger partial charge is 0.486 e. The summed E-state index contributed by atoms with van der Waals surface area (Å²) in [6.07, 6.45) is 0.206. The summed E-state index contributed by atoms with van der Waals surface area (Å²) in [4.78, 5) is 24.5. The van der Waals surface area contributed by atoms with Gasteiger partial charge in [-0.15, -0.1) is 0 Å². The highest BCUT2D eigenvalue weighted by molar-refractivity contribution is 5.99. The SMILES string of the molecule is COc1ccc(OC2CCN(c3nc4c(cc3C)C(=O)N(C)[C@@H]4CO)C[C@H]2F)cn1. The van der Waals surface area contributed by atoms with E-state index in [1.54, 1.807) is 25.2 Å². The van der Waals surface area contributed by atoms with Gasteiger partial charge >= 0.3 is 0 Å². The number of anilines is 1. The minimum Gasteiger partial charge on any atom is -0.486 e. The van der Waals surface area contributed by atoms with Gasteiger partial charge in [-0.1, -0.05) is 0 Å². The first kappa shape index (κ1) is 20.3. The lowest BCUT2D eigenvalue weighted by Gasteiger charge is -2.36. The molecule has 0 spiro atoms. The molecule has 4 rings (SSSR count). The molecular formula is C21H25FN4O4. The highest BCUT2D eigenvalue weighted by atomic mass is 19.1. The van der Waals surface area contributed by atoms with Crippen molar-refractivity contribution in [2.24, 2.45) is 0 Å². The van der Waals surface area contributed by atoms with E-state index in [1.807, 2.05) is 11.8 Å². The van der Waals surface area contributed by atoms with Crippen molar-refractivity contribution < 1.29 is 23.8 Å². The number of nitrogens with zero attached hydrogens (tertiary/aromatic N) is 4. The first-order valence-electron chi connectivity index (χ1n) is 9.88. The molecule has 3 atom stereocenters. The first-order valence-corrected chi connectivity index (χ1v) is 9.88. The predicted octanol–water partition coefficient (Wildman–Crippen LogP) is 1.91. The molecule has 0 bridgehead atoms. The second kappa shape index (κ2) is 8.06. The number of piperidine rings is 1. The van der Waals surface area contributed by atoms with Crippen LogP contribution in [0.2, 0.25) is 0 Å². The number of pyridine rings is 2. The maximum Gasteiger partial charge on any atom is 0.256 e. The third-order valence-corrected chi connectivity index (χ3v) is 5.71. The summed E-state index contributed by atoms with van der Waals surface area (Å²) in [6.45, 7) is 2.35. The number of alkyl halides is 1. The molecule has 1 fully saturated rings. The lowest BCUT2D eigenvalue weighted by atomic mass is 10.0. The standard InChI is InChI=1S/C21H25FN4O4/c1-12-8-14-19(16(11-27)25(2)21(14)28)24-20(12)26-7-6-17(15(22)10-26)30-13-4-5-18(29-3)23-9-13/h4-5,8-9,15-17,27H,6-7,10-11H2,1-3H3/t15-,16-,17?/m1/s1. The number of aliphatic hydroxyl groups is 1. The van der Waals surface area contributed by atoms with Crippen molar-refractivity contribution in [3.05, 3.63) is 41.2 Å². The highest BCUT2D eigenvalue weighted by Crippen LogP contribution is 2.35. The molecule has 1 amide bonds. The van der Waals surface area contributed by atoms with Crippen LogP contribution in [0.1, 0.15) is 34.1 Å². The van der Waals surface area contributed by atoms with E-state index in [0.29, 0.717) is 41.7 Å². The van der Waals surface area contributed by atoms with Gasteiger partial charge in [-0.3, -0.25) is 4.79 Å². The Kier molecular flexibility index (Phi) is 5.46. The Balaban J connectivity index is 1.49. The molecule has 4 heterocycles. The van der Waals surface area contributed by atoms with E-state index >= 15 is 0 Å². The number of aryl methyl sites for hydroxylation is 1. The third-order valence-electron chi connectivity index (χ3n) is 5.71. The number of hydrogen-bond acceptors (Lipinski definition) is 7. The van der Waals surface area contributed by atoms with Crippen molar-refractivity contribution in [3.63, 3.8) is 0 Å². The summed E-state index contributed by atoms with van der Waals surface area (Å²) in [5, 5.41) is 9.68. The van der Waals surface area contributed by atoms with Gasteiger partial charge in [-0.25, -0.2) is 14.4 Å². The number of methoxy groups -OCH3 is 1. The minimum absolute atomic E-state index is 0.133. The molecule has 0 aromatic carbocycles. The van der Waals surface area contributed by atoms with Crippen molar-refractivity contribution in [3.8, 4) is 11.6 Å². The quantitative estimate of drug-likeness (QED) is 0.797. The maximum atomic E-state index is 14.9. The molecule has 2 aromatic rings. The van der Waals surface area contributed by atoms with Crippen LogP contribution in [0.25, 0.3) is 0 Å². The molecule has 0 aliphatic carbocycles. The first-order chi connectivity index (χ1) is 14.4. The number of rotatable bonds is 5. The van der Waals surface area contributed by atoms with Crippen LogP contribution in [0.15, 0.2) is 24.4 Å². The number of amides is 1. The fourth-order valence-electron chi connectivity index (χ4n) is 4.03. The zero-order chi connectivity index (χ0) is 21.4. The van der Waals surface area contributed by atoms with Crippen LogP contribution >= 0.6 is 0 Å². The van der Waals surface area contributed by atoms with Crippen LogP contribution in [0.4, 0.5) is 10.2 Å². The number of fused-ring (bicyclic) bond motifs is 1. The number of aliphatic hydroxyl groups excluding tert-OH is 1. The van der Waals surface area contributed by atoms with Gasteiger partial charge < -0.3 is 24.4 Å². The Labute approximate surface area is 174 Å². The number of halogens is 1. The number of carbonyl (C=O) groups is 1. The number of hydrogen-bond donors (Lipinski definition) is 1. The van der Waals surface area contributed by atoms with E-state index in [1.165, 1.54) is 18.2 Å². The van der Waals surface area contributed by atoms with Crippen LogP contribution in [0.3, 0.4) is 0 Å².